The molecule has 0 saturated heterocycles. The van der Waals surface area contributed by atoms with Gasteiger partial charge in [0.2, 0.25) is 5.91 Å². The molecule has 0 saturated carbocycles. The molecule has 5 heteroatoms. The summed E-state index contributed by atoms with van der Waals surface area (Å²) in [6.07, 6.45) is 1.94. The van der Waals surface area contributed by atoms with Gasteiger partial charge in [-0.2, -0.15) is 0 Å². The molecule has 0 fully saturated rings. The Morgan fingerprint density at radius 3 is 2.55 bits per heavy atom. The quantitative estimate of drug-likeness (QED) is 0.581. The van der Waals surface area contributed by atoms with Crippen molar-refractivity contribution in [1.82, 2.24) is 5.32 Å². The van der Waals surface area contributed by atoms with Crippen LogP contribution in [0.2, 0.25) is 0 Å². The number of rotatable bonds is 5. The van der Waals surface area contributed by atoms with Crippen LogP contribution in [0.25, 0.3) is 0 Å². The minimum atomic E-state index is 0. The first kappa shape index (κ1) is 13.9. The maximum atomic E-state index is 10.6. The zero-order valence-electron chi connectivity index (χ0n) is 6.31. The van der Waals surface area contributed by atoms with Crippen LogP contribution in [0.15, 0.2) is 0 Å². The fraction of sp³-hybridized carbons (Fsp3) is 0.833. The lowest BCUT2D eigenvalue weighted by Gasteiger charge is -2.00. The van der Waals surface area contributed by atoms with Crippen LogP contribution in [0.5, 0.6) is 0 Å². The lowest BCUT2D eigenvalue weighted by molar-refractivity contribution is -0.118. The lowest BCUT2D eigenvalue weighted by atomic mass is 10.3. The van der Waals surface area contributed by atoms with E-state index in [0.717, 1.165) is 19.4 Å². The van der Waals surface area contributed by atoms with Crippen molar-refractivity contribution in [3.8, 4) is 0 Å². The number of nitrogens with two attached hydrogens (primary N) is 1. The minimum Gasteiger partial charge on any atom is -0.355 e. The van der Waals surface area contributed by atoms with Crippen LogP contribution >= 0.6 is 32.9 Å². The SMILES string of the molecule is Br.NCCCCNC(=O)CBr. The van der Waals surface area contributed by atoms with Crippen LogP contribution in [0.4, 0.5) is 0 Å². The third-order valence-electron chi connectivity index (χ3n) is 1.07. The van der Waals surface area contributed by atoms with Gasteiger partial charge in [0.05, 0.1) is 5.33 Å². The molecule has 0 aliphatic carbocycles. The lowest BCUT2D eigenvalue weighted by Crippen LogP contribution is -2.25. The van der Waals surface area contributed by atoms with Crippen LogP contribution < -0.4 is 11.1 Å². The molecule has 0 aliphatic heterocycles. The summed E-state index contributed by atoms with van der Waals surface area (Å²) in [5.41, 5.74) is 5.26. The van der Waals surface area contributed by atoms with E-state index in [-0.39, 0.29) is 22.9 Å². The van der Waals surface area contributed by atoms with Gasteiger partial charge in [0.1, 0.15) is 0 Å². The molecule has 0 rings (SSSR count). The van der Waals surface area contributed by atoms with Crippen molar-refractivity contribution >= 4 is 38.8 Å². The van der Waals surface area contributed by atoms with Gasteiger partial charge in [-0.15, -0.1) is 17.0 Å². The molecule has 0 bridgehead atoms. The summed E-state index contributed by atoms with van der Waals surface area (Å²) in [4.78, 5) is 10.6. The summed E-state index contributed by atoms with van der Waals surface area (Å²) in [7, 11) is 0. The van der Waals surface area contributed by atoms with Crippen molar-refractivity contribution in [1.29, 1.82) is 0 Å². The molecule has 0 atom stereocenters. The molecule has 0 unspecified atom stereocenters. The normalized spacial score (nSPS) is 8.55. The molecule has 0 aromatic heterocycles. The van der Waals surface area contributed by atoms with E-state index in [4.69, 9.17) is 5.73 Å². The molecule has 11 heavy (non-hydrogen) atoms. The maximum absolute atomic E-state index is 10.6. The molecule has 3 N–H and O–H groups in total. The zero-order valence-corrected chi connectivity index (χ0v) is 9.61. The van der Waals surface area contributed by atoms with Crippen molar-refractivity contribution in [2.24, 2.45) is 5.73 Å². The van der Waals surface area contributed by atoms with Crippen LogP contribution in [0, 0.1) is 0 Å². The number of hydrogen-bond acceptors (Lipinski definition) is 2. The third kappa shape index (κ3) is 10.4. The van der Waals surface area contributed by atoms with E-state index in [0.29, 0.717) is 11.9 Å². The second kappa shape index (κ2) is 10.4. The Morgan fingerprint density at radius 2 is 2.09 bits per heavy atom. The Bertz CT molecular complexity index is 101. The number of unbranched alkanes of at least 4 members (excludes halogenated alkanes) is 1. The highest BCUT2D eigenvalue weighted by molar-refractivity contribution is 9.09. The van der Waals surface area contributed by atoms with Crippen molar-refractivity contribution in [2.75, 3.05) is 18.4 Å². The van der Waals surface area contributed by atoms with Gasteiger partial charge in [0.25, 0.3) is 0 Å². The fourth-order valence-electron chi connectivity index (χ4n) is 0.544. The van der Waals surface area contributed by atoms with Crippen molar-refractivity contribution in [2.45, 2.75) is 12.8 Å². The van der Waals surface area contributed by atoms with Crippen LogP contribution in [-0.2, 0) is 4.79 Å². The van der Waals surface area contributed by atoms with Gasteiger partial charge >= 0.3 is 0 Å². The van der Waals surface area contributed by atoms with Gasteiger partial charge in [0.15, 0.2) is 0 Å². The Labute approximate surface area is 86.0 Å². The number of hydrogen-bond donors (Lipinski definition) is 2. The Kier molecular flexibility index (Phi) is 13.2. The third-order valence-corrected chi connectivity index (χ3v) is 1.58. The molecule has 0 radical (unpaired) electrons. The van der Waals surface area contributed by atoms with Gasteiger partial charge in [-0.1, -0.05) is 15.9 Å². The second-order valence-corrected chi connectivity index (χ2v) is 2.54. The van der Waals surface area contributed by atoms with E-state index in [1.165, 1.54) is 0 Å². The second-order valence-electron chi connectivity index (χ2n) is 1.98. The molecule has 0 aliphatic rings. The summed E-state index contributed by atoms with van der Waals surface area (Å²) in [6, 6.07) is 0. The predicted octanol–water partition coefficient (Wildman–Crippen LogP) is 0.814. The summed E-state index contributed by atoms with van der Waals surface area (Å²) >= 11 is 3.05. The van der Waals surface area contributed by atoms with Crippen molar-refractivity contribution in [3.63, 3.8) is 0 Å². The molecule has 1 amide bonds. The van der Waals surface area contributed by atoms with E-state index in [2.05, 4.69) is 21.2 Å². The highest BCUT2D eigenvalue weighted by Gasteiger charge is 1.94. The van der Waals surface area contributed by atoms with Crippen LogP contribution in [0.3, 0.4) is 0 Å². The van der Waals surface area contributed by atoms with Crippen LogP contribution in [-0.4, -0.2) is 24.3 Å². The van der Waals surface area contributed by atoms with E-state index in [1.807, 2.05) is 0 Å². The number of carbonyl (C=O) groups is 1. The van der Waals surface area contributed by atoms with Gasteiger partial charge < -0.3 is 11.1 Å². The maximum Gasteiger partial charge on any atom is 0.230 e. The van der Waals surface area contributed by atoms with Gasteiger partial charge in [-0.25, -0.2) is 0 Å². The smallest absolute Gasteiger partial charge is 0.230 e. The van der Waals surface area contributed by atoms with Gasteiger partial charge in [0, 0.05) is 6.54 Å². The zero-order chi connectivity index (χ0) is 7.82. The summed E-state index contributed by atoms with van der Waals surface area (Å²) < 4.78 is 0. The minimum absolute atomic E-state index is 0. The van der Waals surface area contributed by atoms with E-state index in [9.17, 15) is 4.79 Å². The Balaban J connectivity index is 0. The first-order chi connectivity index (χ1) is 4.81. The number of nitrogens with one attached hydrogen (secondary N) is 1. The molecular formula is C6H14Br2N2O. The number of amides is 1. The summed E-state index contributed by atoms with van der Waals surface area (Å²) in [5, 5.41) is 3.11. The molecule has 68 valence electrons. The Morgan fingerprint density at radius 1 is 1.45 bits per heavy atom. The van der Waals surface area contributed by atoms with E-state index in [1.54, 1.807) is 0 Å². The number of alkyl halides is 1. The highest BCUT2D eigenvalue weighted by Crippen LogP contribution is 1.83. The van der Waals surface area contributed by atoms with E-state index >= 15 is 0 Å². The average Bonchev–Trinajstić information content (AvgIpc) is 1.98. The molecule has 0 aromatic rings. The molecule has 0 spiro atoms. The summed E-state index contributed by atoms with van der Waals surface area (Å²) in [6.45, 7) is 1.44. The van der Waals surface area contributed by atoms with Gasteiger partial charge in [-0.05, 0) is 19.4 Å². The standard InChI is InChI=1S/C6H13BrN2O.BrH/c7-5-6(10)9-4-2-1-3-8;/h1-5,8H2,(H,9,10);1H. The largest absolute Gasteiger partial charge is 0.355 e. The van der Waals surface area contributed by atoms with E-state index < -0.39 is 0 Å². The topological polar surface area (TPSA) is 55.1 Å². The monoisotopic (exact) mass is 288 g/mol. The molecule has 0 heterocycles. The highest BCUT2D eigenvalue weighted by atomic mass is 79.9. The first-order valence-electron chi connectivity index (χ1n) is 3.34. The van der Waals surface area contributed by atoms with Crippen LogP contribution in [0.1, 0.15) is 12.8 Å². The van der Waals surface area contributed by atoms with Crippen molar-refractivity contribution in [3.05, 3.63) is 0 Å². The Hall–Kier alpha value is 0.390. The molecular weight excluding hydrogens is 276 g/mol. The molecule has 3 nitrogen and oxygen atoms in total. The van der Waals surface area contributed by atoms with Gasteiger partial charge in [-0.3, -0.25) is 4.79 Å². The number of carbonyl (C=O) groups excluding carboxylic acids is 1. The summed E-state index contributed by atoms with van der Waals surface area (Å²) in [5.74, 6) is 0.0389. The fourth-order valence-corrected chi connectivity index (χ4v) is 0.743. The molecule has 0 aromatic carbocycles. The average molecular weight is 290 g/mol. The predicted molar refractivity (Wildman–Crippen MR) is 55.4 cm³/mol. The van der Waals surface area contributed by atoms with Crippen molar-refractivity contribution < 1.29 is 4.79 Å². The first-order valence-corrected chi connectivity index (χ1v) is 4.46. The number of halogens is 2.